The second kappa shape index (κ2) is 7.61. The monoisotopic (exact) mass is 287 g/mol. The standard InChI is InChI=1S/C12H17N3OS.ClH/c1-10-8-14-6-7-15(10)12(16)9-17-11-2-4-13-5-3-11;/h2-5,10,14H,6-9H2,1H3;1H. The van der Waals surface area contributed by atoms with Crippen LogP contribution in [0, 0.1) is 0 Å². The third kappa shape index (κ3) is 4.15. The van der Waals surface area contributed by atoms with E-state index in [9.17, 15) is 4.79 Å². The van der Waals surface area contributed by atoms with Crippen molar-refractivity contribution in [1.82, 2.24) is 15.2 Å². The van der Waals surface area contributed by atoms with Gasteiger partial charge in [-0.3, -0.25) is 9.78 Å². The van der Waals surface area contributed by atoms with Crippen LogP contribution in [-0.4, -0.2) is 47.2 Å². The molecule has 1 aromatic rings. The molecule has 0 spiro atoms. The van der Waals surface area contributed by atoms with Crippen LogP contribution in [0.2, 0.25) is 0 Å². The highest BCUT2D eigenvalue weighted by Gasteiger charge is 2.22. The van der Waals surface area contributed by atoms with Gasteiger partial charge in [-0.15, -0.1) is 24.2 Å². The van der Waals surface area contributed by atoms with Crippen LogP contribution in [0.4, 0.5) is 0 Å². The lowest BCUT2D eigenvalue weighted by atomic mass is 10.2. The minimum atomic E-state index is 0. The molecule has 1 aliphatic rings. The molecule has 1 saturated heterocycles. The number of thioether (sulfide) groups is 1. The summed E-state index contributed by atoms with van der Waals surface area (Å²) >= 11 is 1.57. The van der Waals surface area contributed by atoms with Crippen molar-refractivity contribution < 1.29 is 4.79 Å². The first-order chi connectivity index (χ1) is 8.27. The average molecular weight is 288 g/mol. The van der Waals surface area contributed by atoms with Gasteiger partial charge in [0.15, 0.2) is 0 Å². The summed E-state index contributed by atoms with van der Waals surface area (Å²) in [6, 6.07) is 4.16. The molecule has 0 radical (unpaired) electrons. The first-order valence-electron chi connectivity index (χ1n) is 5.80. The van der Waals surface area contributed by atoms with Gasteiger partial charge in [-0.05, 0) is 19.1 Å². The van der Waals surface area contributed by atoms with E-state index in [-0.39, 0.29) is 18.3 Å². The fourth-order valence-electron chi connectivity index (χ4n) is 1.87. The van der Waals surface area contributed by atoms with E-state index in [0.717, 1.165) is 24.5 Å². The lowest BCUT2D eigenvalue weighted by Crippen LogP contribution is -2.52. The van der Waals surface area contributed by atoms with Crippen LogP contribution >= 0.6 is 24.2 Å². The molecule has 1 N–H and O–H groups in total. The van der Waals surface area contributed by atoms with E-state index in [4.69, 9.17) is 0 Å². The molecular weight excluding hydrogens is 270 g/mol. The lowest BCUT2D eigenvalue weighted by Gasteiger charge is -2.33. The van der Waals surface area contributed by atoms with Gasteiger partial charge in [0.25, 0.3) is 0 Å². The molecule has 1 aromatic heterocycles. The first kappa shape index (κ1) is 15.3. The van der Waals surface area contributed by atoms with Gasteiger partial charge in [-0.2, -0.15) is 0 Å². The highest BCUT2D eigenvalue weighted by Crippen LogP contribution is 2.17. The Kier molecular flexibility index (Phi) is 6.46. The van der Waals surface area contributed by atoms with Crippen molar-refractivity contribution >= 4 is 30.1 Å². The highest BCUT2D eigenvalue weighted by atomic mass is 35.5. The summed E-state index contributed by atoms with van der Waals surface area (Å²) in [5.74, 6) is 0.731. The zero-order valence-electron chi connectivity index (χ0n) is 10.3. The molecule has 18 heavy (non-hydrogen) atoms. The third-order valence-corrected chi connectivity index (χ3v) is 3.83. The number of halogens is 1. The van der Waals surface area contributed by atoms with Crippen LogP contribution in [0.3, 0.4) is 0 Å². The van der Waals surface area contributed by atoms with Gasteiger partial charge in [0.1, 0.15) is 0 Å². The maximum absolute atomic E-state index is 12.0. The van der Waals surface area contributed by atoms with Crippen LogP contribution in [0.1, 0.15) is 6.92 Å². The van der Waals surface area contributed by atoms with E-state index in [1.165, 1.54) is 0 Å². The van der Waals surface area contributed by atoms with Gasteiger partial charge in [-0.25, -0.2) is 0 Å². The van der Waals surface area contributed by atoms with Crippen molar-refractivity contribution in [3.05, 3.63) is 24.5 Å². The largest absolute Gasteiger partial charge is 0.337 e. The molecule has 1 unspecified atom stereocenters. The minimum Gasteiger partial charge on any atom is -0.337 e. The Morgan fingerprint density at radius 1 is 1.56 bits per heavy atom. The van der Waals surface area contributed by atoms with Crippen molar-refractivity contribution in [1.29, 1.82) is 0 Å². The Balaban J connectivity index is 0.00000162. The van der Waals surface area contributed by atoms with E-state index < -0.39 is 0 Å². The van der Waals surface area contributed by atoms with E-state index >= 15 is 0 Å². The van der Waals surface area contributed by atoms with Gasteiger partial charge < -0.3 is 10.2 Å². The number of nitrogens with one attached hydrogen (secondary N) is 1. The Morgan fingerprint density at radius 2 is 2.28 bits per heavy atom. The number of carbonyl (C=O) groups is 1. The Morgan fingerprint density at radius 3 is 2.94 bits per heavy atom. The predicted octanol–water partition coefficient (Wildman–Crippen LogP) is 1.42. The molecule has 1 aliphatic heterocycles. The molecule has 2 rings (SSSR count). The quantitative estimate of drug-likeness (QED) is 0.854. The normalized spacial score (nSPS) is 19.2. The molecule has 1 fully saturated rings. The lowest BCUT2D eigenvalue weighted by molar-refractivity contribution is -0.131. The molecular formula is C12H18ClN3OS. The minimum absolute atomic E-state index is 0. The van der Waals surface area contributed by atoms with Crippen LogP contribution in [0.25, 0.3) is 0 Å². The summed E-state index contributed by atoms with van der Waals surface area (Å²) in [6.45, 7) is 4.69. The maximum Gasteiger partial charge on any atom is 0.233 e. The molecule has 0 saturated carbocycles. The number of carbonyl (C=O) groups excluding carboxylic acids is 1. The topological polar surface area (TPSA) is 45.2 Å². The molecule has 1 atom stereocenters. The molecule has 6 heteroatoms. The summed E-state index contributed by atoms with van der Waals surface area (Å²) in [4.78, 5) is 19.1. The van der Waals surface area contributed by atoms with Crippen LogP contribution in [0.15, 0.2) is 29.4 Å². The van der Waals surface area contributed by atoms with Gasteiger partial charge >= 0.3 is 0 Å². The zero-order valence-corrected chi connectivity index (χ0v) is 12.0. The Labute approximate surface area is 118 Å². The van der Waals surface area contributed by atoms with Gasteiger partial charge in [-0.1, -0.05) is 0 Å². The van der Waals surface area contributed by atoms with Crippen LogP contribution in [-0.2, 0) is 4.79 Å². The second-order valence-corrected chi connectivity index (χ2v) is 5.16. The van der Waals surface area contributed by atoms with Crippen molar-refractivity contribution in [2.24, 2.45) is 0 Å². The predicted molar refractivity (Wildman–Crippen MR) is 76.3 cm³/mol. The number of hydrogen-bond donors (Lipinski definition) is 1. The van der Waals surface area contributed by atoms with Crippen LogP contribution < -0.4 is 5.32 Å². The van der Waals surface area contributed by atoms with E-state index in [1.807, 2.05) is 17.0 Å². The number of nitrogens with zero attached hydrogens (tertiary/aromatic N) is 2. The number of aromatic nitrogens is 1. The van der Waals surface area contributed by atoms with Crippen molar-refractivity contribution in [2.75, 3.05) is 25.4 Å². The molecule has 0 aliphatic carbocycles. The third-order valence-electron chi connectivity index (χ3n) is 2.83. The first-order valence-corrected chi connectivity index (χ1v) is 6.79. The molecule has 0 aromatic carbocycles. The van der Waals surface area contributed by atoms with E-state index in [1.54, 1.807) is 24.2 Å². The number of piperazine rings is 1. The van der Waals surface area contributed by atoms with E-state index in [0.29, 0.717) is 11.8 Å². The summed E-state index contributed by atoms with van der Waals surface area (Å²) < 4.78 is 0. The van der Waals surface area contributed by atoms with Gasteiger partial charge in [0, 0.05) is 43.0 Å². The molecule has 2 heterocycles. The van der Waals surface area contributed by atoms with E-state index in [2.05, 4.69) is 17.2 Å². The summed E-state index contributed by atoms with van der Waals surface area (Å²) in [5.41, 5.74) is 0. The van der Waals surface area contributed by atoms with Crippen molar-refractivity contribution in [3.8, 4) is 0 Å². The number of amides is 1. The molecule has 0 bridgehead atoms. The smallest absolute Gasteiger partial charge is 0.233 e. The fourth-order valence-corrected chi connectivity index (χ4v) is 2.64. The average Bonchev–Trinajstić information content (AvgIpc) is 2.38. The highest BCUT2D eigenvalue weighted by molar-refractivity contribution is 8.00. The second-order valence-electron chi connectivity index (χ2n) is 4.11. The summed E-state index contributed by atoms with van der Waals surface area (Å²) in [7, 11) is 0. The molecule has 4 nitrogen and oxygen atoms in total. The van der Waals surface area contributed by atoms with Gasteiger partial charge in [0.05, 0.1) is 5.75 Å². The maximum atomic E-state index is 12.0. The number of pyridine rings is 1. The SMILES string of the molecule is CC1CNCCN1C(=O)CSc1ccncc1.Cl. The Bertz CT molecular complexity index is 377. The zero-order chi connectivity index (χ0) is 12.1. The van der Waals surface area contributed by atoms with Crippen LogP contribution in [0.5, 0.6) is 0 Å². The number of rotatable bonds is 3. The van der Waals surface area contributed by atoms with Crippen molar-refractivity contribution in [3.63, 3.8) is 0 Å². The molecule has 1 amide bonds. The molecule has 100 valence electrons. The van der Waals surface area contributed by atoms with Gasteiger partial charge in [0.2, 0.25) is 5.91 Å². The number of hydrogen-bond acceptors (Lipinski definition) is 4. The summed E-state index contributed by atoms with van der Waals surface area (Å²) in [6.07, 6.45) is 3.50. The fraction of sp³-hybridized carbons (Fsp3) is 0.500. The summed E-state index contributed by atoms with van der Waals surface area (Å²) in [5, 5.41) is 3.28. The Hall–Kier alpha value is -0.780. The van der Waals surface area contributed by atoms with Crippen molar-refractivity contribution in [2.45, 2.75) is 17.9 Å².